The molecule has 2 atom stereocenters. The average molecular weight is 535 g/mol. The van der Waals surface area contributed by atoms with Gasteiger partial charge in [-0.1, -0.05) is 139 Å². The van der Waals surface area contributed by atoms with Crippen molar-refractivity contribution in [2.45, 2.75) is 79.1 Å². The van der Waals surface area contributed by atoms with E-state index in [0.717, 1.165) is 59.5 Å². The van der Waals surface area contributed by atoms with E-state index in [4.69, 9.17) is 9.47 Å². The van der Waals surface area contributed by atoms with Crippen molar-refractivity contribution in [3.63, 3.8) is 0 Å². The van der Waals surface area contributed by atoms with Crippen molar-refractivity contribution in [1.82, 2.24) is 0 Å². The topological polar surface area (TPSA) is 18.5 Å². The van der Waals surface area contributed by atoms with E-state index in [0.29, 0.717) is 11.8 Å². The van der Waals surface area contributed by atoms with Gasteiger partial charge in [0.25, 0.3) is 0 Å². The summed E-state index contributed by atoms with van der Waals surface area (Å²) in [6.45, 7) is 10.5. The van der Waals surface area contributed by atoms with Gasteiger partial charge in [-0.25, -0.2) is 0 Å². The van der Waals surface area contributed by atoms with Crippen molar-refractivity contribution in [1.29, 1.82) is 0 Å². The monoisotopic (exact) mass is 534 g/mol. The first-order valence-corrected chi connectivity index (χ1v) is 15.5. The Morgan fingerprint density at radius 1 is 0.550 bits per heavy atom. The predicted molar refractivity (Wildman–Crippen MR) is 171 cm³/mol. The maximum atomic E-state index is 6.50. The first kappa shape index (κ1) is 29.5. The van der Waals surface area contributed by atoms with Gasteiger partial charge in [0.1, 0.15) is 11.5 Å². The van der Waals surface area contributed by atoms with Crippen LogP contribution in [0.25, 0.3) is 21.5 Å². The van der Waals surface area contributed by atoms with E-state index in [-0.39, 0.29) is 0 Å². The molecule has 4 aromatic rings. The Balaban J connectivity index is 1.73. The molecule has 0 aromatic heterocycles. The minimum atomic E-state index is 0.560. The molecule has 2 heteroatoms. The van der Waals surface area contributed by atoms with Gasteiger partial charge in [0.05, 0.1) is 24.3 Å². The van der Waals surface area contributed by atoms with Crippen molar-refractivity contribution in [2.24, 2.45) is 11.8 Å². The quantitative estimate of drug-likeness (QED) is 0.150. The Morgan fingerprint density at radius 3 is 1.38 bits per heavy atom. The van der Waals surface area contributed by atoms with Gasteiger partial charge < -0.3 is 9.47 Å². The van der Waals surface area contributed by atoms with Gasteiger partial charge in [0.15, 0.2) is 0 Å². The lowest BCUT2D eigenvalue weighted by molar-refractivity contribution is 0.233. The van der Waals surface area contributed by atoms with Crippen molar-refractivity contribution >= 4 is 21.5 Å². The second-order valence-corrected chi connectivity index (χ2v) is 11.0. The number of benzene rings is 4. The van der Waals surface area contributed by atoms with E-state index in [9.17, 15) is 0 Å². The molecule has 4 rings (SSSR count). The molecule has 210 valence electrons. The van der Waals surface area contributed by atoms with Crippen molar-refractivity contribution in [2.75, 3.05) is 13.2 Å². The van der Waals surface area contributed by atoms with Gasteiger partial charge in [0, 0.05) is 10.8 Å². The fraction of sp³-hybridized carbons (Fsp3) is 0.421. The Bertz CT molecular complexity index is 1320. The summed E-state index contributed by atoms with van der Waals surface area (Å²) in [5.41, 5.74) is 1.91. The molecule has 0 heterocycles. The lowest BCUT2D eigenvalue weighted by atomic mass is 9.99. The molecule has 40 heavy (non-hydrogen) atoms. The number of fused-ring (bicyclic) bond motifs is 2. The van der Waals surface area contributed by atoms with Gasteiger partial charge in [0.2, 0.25) is 0 Å². The van der Waals surface area contributed by atoms with Crippen LogP contribution < -0.4 is 9.47 Å². The molecule has 4 aromatic carbocycles. The van der Waals surface area contributed by atoms with Crippen LogP contribution in [0.5, 0.6) is 11.5 Å². The Kier molecular flexibility index (Phi) is 11.4. The van der Waals surface area contributed by atoms with E-state index in [1.807, 2.05) is 0 Å². The van der Waals surface area contributed by atoms with E-state index in [1.165, 1.54) is 49.3 Å². The standard InChI is InChI=1S/C38H46O2/c1-5-9-15-29(7-3)27-39-37-25-21-31-17-11-13-19-33(31)35(37)23-24-36-34-20-14-12-18-32(34)22-26-38(36)40-28-30(8-4)16-10-6-2/h11-14,17-22,25-26,29-30H,5-10,15-16,27-28H2,1-4H3. The summed E-state index contributed by atoms with van der Waals surface area (Å²) in [5.74, 6) is 10.0. The molecule has 2 unspecified atom stereocenters. The number of ether oxygens (including phenoxy) is 2. The molecule has 0 saturated carbocycles. The normalized spacial score (nSPS) is 12.6. The summed E-state index contributed by atoms with van der Waals surface area (Å²) in [6.07, 6.45) is 9.59. The second-order valence-electron chi connectivity index (χ2n) is 11.0. The van der Waals surface area contributed by atoms with Crippen LogP contribution in [-0.2, 0) is 0 Å². The molecule has 0 radical (unpaired) electrons. The molecule has 0 aliphatic heterocycles. The van der Waals surface area contributed by atoms with Crippen LogP contribution in [0.15, 0.2) is 72.8 Å². The summed E-state index contributed by atoms with van der Waals surface area (Å²) in [7, 11) is 0. The molecule has 0 amide bonds. The fourth-order valence-corrected chi connectivity index (χ4v) is 5.34. The SMILES string of the molecule is CCCCC(CC)COc1ccc2ccccc2c1C#Cc1c(OCC(CC)CCCC)ccc2ccccc12. The molecule has 0 aliphatic rings. The molecule has 0 bridgehead atoms. The first-order valence-electron chi connectivity index (χ1n) is 15.5. The fourth-order valence-electron chi connectivity index (χ4n) is 5.34. The van der Waals surface area contributed by atoms with Crippen LogP contribution in [0, 0.1) is 23.7 Å². The van der Waals surface area contributed by atoms with Crippen molar-refractivity contribution in [3.8, 4) is 23.3 Å². The predicted octanol–water partition coefficient (Wildman–Crippen LogP) is 10.6. The smallest absolute Gasteiger partial charge is 0.135 e. The van der Waals surface area contributed by atoms with E-state index >= 15 is 0 Å². The van der Waals surface area contributed by atoms with Gasteiger partial charge in [-0.15, -0.1) is 0 Å². The van der Waals surface area contributed by atoms with Gasteiger partial charge in [-0.2, -0.15) is 0 Å². The molecule has 2 nitrogen and oxygen atoms in total. The molecule has 0 aliphatic carbocycles. The van der Waals surface area contributed by atoms with Crippen LogP contribution in [0.4, 0.5) is 0 Å². The number of unbranched alkanes of at least 4 members (excludes halogenated alkanes) is 2. The van der Waals surface area contributed by atoms with Gasteiger partial charge >= 0.3 is 0 Å². The zero-order chi connectivity index (χ0) is 28.2. The van der Waals surface area contributed by atoms with Crippen LogP contribution in [0.1, 0.15) is 90.2 Å². The Labute approximate surface area is 242 Å². The molecule has 0 fully saturated rings. The van der Waals surface area contributed by atoms with E-state index in [1.54, 1.807) is 0 Å². The van der Waals surface area contributed by atoms with Crippen molar-refractivity contribution < 1.29 is 9.47 Å². The summed E-state index contributed by atoms with van der Waals surface area (Å²) in [5, 5.41) is 4.60. The van der Waals surface area contributed by atoms with Gasteiger partial charge in [-0.3, -0.25) is 0 Å². The van der Waals surface area contributed by atoms with Crippen molar-refractivity contribution in [3.05, 3.63) is 83.9 Å². The van der Waals surface area contributed by atoms with Crippen LogP contribution >= 0.6 is 0 Å². The number of hydrogen-bond donors (Lipinski definition) is 0. The molecular weight excluding hydrogens is 488 g/mol. The van der Waals surface area contributed by atoms with E-state index in [2.05, 4.69) is 112 Å². The highest BCUT2D eigenvalue weighted by Gasteiger charge is 2.14. The largest absolute Gasteiger partial charge is 0.492 e. The Hall–Kier alpha value is -3.44. The summed E-state index contributed by atoms with van der Waals surface area (Å²) in [6, 6.07) is 25.4. The maximum absolute atomic E-state index is 6.50. The number of rotatable bonds is 14. The highest BCUT2D eigenvalue weighted by atomic mass is 16.5. The highest BCUT2D eigenvalue weighted by molar-refractivity contribution is 5.93. The molecule has 0 saturated heterocycles. The average Bonchev–Trinajstić information content (AvgIpc) is 3.00. The third-order valence-electron chi connectivity index (χ3n) is 8.13. The maximum Gasteiger partial charge on any atom is 0.135 e. The minimum Gasteiger partial charge on any atom is -0.492 e. The van der Waals surface area contributed by atoms with Gasteiger partial charge in [-0.05, 0) is 47.6 Å². The second kappa shape index (κ2) is 15.4. The van der Waals surface area contributed by atoms with E-state index < -0.39 is 0 Å². The lowest BCUT2D eigenvalue weighted by Gasteiger charge is -2.18. The molecule has 0 N–H and O–H groups in total. The third-order valence-corrected chi connectivity index (χ3v) is 8.13. The lowest BCUT2D eigenvalue weighted by Crippen LogP contribution is -2.12. The summed E-state index contributed by atoms with van der Waals surface area (Å²) in [4.78, 5) is 0. The van der Waals surface area contributed by atoms with Crippen LogP contribution in [0.3, 0.4) is 0 Å². The van der Waals surface area contributed by atoms with Crippen LogP contribution in [0.2, 0.25) is 0 Å². The number of hydrogen-bond acceptors (Lipinski definition) is 2. The minimum absolute atomic E-state index is 0.560. The summed E-state index contributed by atoms with van der Waals surface area (Å²) < 4.78 is 13.0. The Morgan fingerprint density at radius 2 is 0.975 bits per heavy atom. The zero-order valence-electron chi connectivity index (χ0n) is 25.0. The molecular formula is C38H46O2. The first-order chi connectivity index (χ1) is 19.7. The molecule has 0 spiro atoms. The third kappa shape index (κ3) is 7.60. The highest BCUT2D eigenvalue weighted by Crippen LogP contribution is 2.31. The summed E-state index contributed by atoms with van der Waals surface area (Å²) >= 11 is 0. The van der Waals surface area contributed by atoms with Crippen LogP contribution in [-0.4, -0.2) is 13.2 Å². The zero-order valence-corrected chi connectivity index (χ0v) is 25.0.